The molecular weight excluding hydrogens is 299 g/mol. The Morgan fingerprint density at radius 1 is 1.39 bits per heavy atom. The number of ether oxygens (including phenoxy) is 1. The molecule has 2 N–H and O–H groups in total. The van der Waals surface area contributed by atoms with E-state index in [1.807, 2.05) is 0 Å². The van der Waals surface area contributed by atoms with Crippen LogP contribution in [-0.4, -0.2) is 23.1 Å². The average Bonchev–Trinajstić information content (AvgIpc) is 2.52. The highest BCUT2D eigenvalue weighted by atomic mass is 19.1. The maximum atomic E-state index is 14.0. The third-order valence-corrected chi connectivity index (χ3v) is 3.28. The molecule has 1 heterocycles. The van der Waals surface area contributed by atoms with E-state index in [4.69, 9.17) is 4.74 Å². The molecule has 0 aliphatic carbocycles. The van der Waals surface area contributed by atoms with E-state index >= 15 is 0 Å². The second-order valence-electron chi connectivity index (χ2n) is 5.00. The molecule has 0 aliphatic heterocycles. The quantitative estimate of drug-likeness (QED) is 0.888. The van der Waals surface area contributed by atoms with Crippen LogP contribution in [0.5, 0.6) is 5.75 Å². The number of benzene rings is 1. The van der Waals surface area contributed by atoms with Gasteiger partial charge in [-0.15, -0.1) is 0 Å². The molecule has 0 spiro atoms. The van der Waals surface area contributed by atoms with Gasteiger partial charge in [0.2, 0.25) is 0 Å². The molecule has 1 atom stereocenters. The number of hydrogen-bond donors (Lipinski definition) is 2. The van der Waals surface area contributed by atoms with Crippen LogP contribution in [0.15, 0.2) is 30.5 Å². The summed E-state index contributed by atoms with van der Waals surface area (Å²) in [6.45, 7) is 3.72. The van der Waals surface area contributed by atoms with E-state index in [0.717, 1.165) is 0 Å². The van der Waals surface area contributed by atoms with Gasteiger partial charge in [0.15, 0.2) is 0 Å². The van der Waals surface area contributed by atoms with Crippen LogP contribution in [0.1, 0.15) is 30.0 Å². The molecule has 0 aliphatic rings. The van der Waals surface area contributed by atoms with Gasteiger partial charge in [0.1, 0.15) is 17.4 Å². The second-order valence-corrected chi connectivity index (χ2v) is 5.00. The maximum Gasteiger partial charge on any atom is 0.315 e. The Kier molecular flexibility index (Phi) is 5.46. The minimum absolute atomic E-state index is 0.260. The summed E-state index contributed by atoms with van der Waals surface area (Å²) in [5.41, 5.74) is 1.01. The topological polar surface area (TPSA) is 76.1 Å². The number of halogens is 1. The summed E-state index contributed by atoms with van der Waals surface area (Å²) in [7, 11) is 1.46. The van der Waals surface area contributed by atoms with Crippen molar-refractivity contribution in [3.63, 3.8) is 0 Å². The number of nitrogens with zero attached hydrogens (tertiary/aromatic N) is 2. The van der Waals surface area contributed by atoms with Gasteiger partial charge in [0.25, 0.3) is 0 Å². The smallest absolute Gasteiger partial charge is 0.315 e. The molecule has 0 fully saturated rings. The molecule has 0 saturated carbocycles. The number of aromatic nitrogens is 2. The molecule has 23 heavy (non-hydrogen) atoms. The van der Waals surface area contributed by atoms with Crippen molar-refractivity contribution in [2.75, 3.05) is 7.11 Å². The Hall–Kier alpha value is -2.70. The van der Waals surface area contributed by atoms with Crippen molar-refractivity contribution >= 4 is 6.03 Å². The number of carbonyl (C=O) groups is 1. The summed E-state index contributed by atoms with van der Waals surface area (Å²) in [6, 6.07) is 5.30. The number of hydrogen-bond acceptors (Lipinski definition) is 4. The van der Waals surface area contributed by atoms with Crippen LogP contribution in [0, 0.1) is 12.7 Å². The Bertz CT molecular complexity index is 694. The Morgan fingerprint density at radius 2 is 2.17 bits per heavy atom. The highest BCUT2D eigenvalue weighted by Crippen LogP contribution is 2.27. The molecule has 0 unspecified atom stereocenters. The van der Waals surface area contributed by atoms with E-state index < -0.39 is 17.9 Å². The van der Waals surface area contributed by atoms with Crippen molar-refractivity contribution in [2.24, 2.45) is 0 Å². The molecule has 122 valence electrons. The number of rotatable bonds is 5. The lowest BCUT2D eigenvalue weighted by atomic mass is 10.1. The maximum absolute atomic E-state index is 14.0. The second kappa shape index (κ2) is 7.53. The minimum atomic E-state index is -0.543. The zero-order valence-electron chi connectivity index (χ0n) is 13.3. The van der Waals surface area contributed by atoms with E-state index in [-0.39, 0.29) is 6.54 Å². The molecular formula is C16H19FN4O2. The number of urea groups is 1. The number of carbonyl (C=O) groups excluding carboxylic acids is 1. The fourth-order valence-electron chi connectivity index (χ4n) is 2.21. The fourth-order valence-corrected chi connectivity index (χ4v) is 2.21. The van der Waals surface area contributed by atoms with Gasteiger partial charge in [-0.25, -0.2) is 19.2 Å². The molecule has 0 bridgehead atoms. The van der Waals surface area contributed by atoms with E-state index in [1.165, 1.54) is 13.2 Å². The lowest BCUT2D eigenvalue weighted by molar-refractivity contribution is 0.237. The largest absolute Gasteiger partial charge is 0.496 e. The summed E-state index contributed by atoms with van der Waals surface area (Å²) in [5.74, 6) is 0.599. The molecule has 0 radical (unpaired) electrons. The number of aryl methyl sites for hydroxylation is 1. The van der Waals surface area contributed by atoms with Crippen molar-refractivity contribution in [3.8, 4) is 5.75 Å². The molecule has 0 saturated heterocycles. The van der Waals surface area contributed by atoms with Crippen molar-refractivity contribution < 1.29 is 13.9 Å². The van der Waals surface area contributed by atoms with Crippen LogP contribution in [0.2, 0.25) is 0 Å². The van der Waals surface area contributed by atoms with Crippen molar-refractivity contribution in [1.82, 2.24) is 20.6 Å². The standard InChI is InChI=1S/C16H19FN4O2/c1-10(15-13(17)5-4-6-14(15)23-3)20-16(22)19-9-12-7-8-18-11(2)21-12/h4-8,10H,9H2,1-3H3,(H2,19,20,22)/t10-/m1/s1. The first kappa shape index (κ1) is 16.7. The van der Waals surface area contributed by atoms with Gasteiger partial charge >= 0.3 is 6.03 Å². The average molecular weight is 318 g/mol. The first-order valence-electron chi connectivity index (χ1n) is 7.16. The van der Waals surface area contributed by atoms with Crippen LogP contribution in [0.25, 0.3) is 0 Å². The van der Waals surface area contributed by atoms with Crippen molar-refractivity contribution in [1.29, 1.82) is 0 Å². The molecule has 1 aromatic heterocycles. The van der Waals surface area contributed by atoms with Crippen LogP contribution in [0.4, 0.5) is 9.18 Å². The molecule has 2 aromatic rings. The zero-order chi connectivity index (χ0) is 16.8. The normalized spacial score (nSPS) is 11.7. The van der Waals surface area contributed by atoms with Gasteiger partial charge in [-0.05, 0) is 32.0 Å². The third kappa shape index (κ3) is 4.38. The number of amides is 2. The first-order valence-corrected chi connectivity index (χ1v) is 7.16. The Labute approximate surface area is 134 Å². The molecule has 6 nitrogen and oxygen atoms in total. The number of nitrogens with one attached hydrogen (secondary N) is 2. The lowest BCUT2D eigenvalue weighted by Gasteiger charge is -2.18. The van der Waals surface area contributed by atoms with Crippen LogP contribution in [0.3, 0.4) is 0 Å². The molecule has 2 amide bonds. The Balaban J connectivity index is 1.97. The Morgan fingerprint density at radius 3 is 2.87 bits per heavy atom. The summed E-state index contributed by atoms with van der Waals surface area (Å²) < 4.78 is 19.1. The van der Waals surface area contributed by atoms with Gasteiger partial charge in [0, 0.05) is 6.20 Å². The predicted molar refractivity (Wildman–Crippen MR) is 83.5 cm³/mol. The van der Waals surface area contributed by atoms with E-state index in [1.54, 1.807) is 38.2 Å². The monoisotopic (exact) mass is 318 g/mol. The van der Waals surface area contributed by atoms with Crippen LogP contribution in [-0.2, 0) is 6.54 Å². The zero-order valence-corrected chi connectivity index (χ0v) is 13.3. The van der Waals surface area contributed by atoms with Crippen molar-refractivity contribution in [3.05, 3.63) is 53.4 Å². The minimum Gasteiger partial charge on any atom is -0.496 e. The summed E-state index contributed by atoms with van der Waals surface area (Å²) in [4.78, 5) is 20.1. The molecule has 1 aromatic carbocycles. The summed E-state index contributed by atoms with van der Waals surface area (Å²) >= 11 is 0. The predicted octanol–water partition coefficient (Wildman–Crippen LogP) is 2.49. The molecule has 2 rings (SSSR count). The molecule has 7 heteroatoms. The fraction of sp³-hybridized carbons (Fsp3) is 0.312. The van der Waals surface area contributed by atoms with Gasteiger partial charge in [-0.2, -0.15) is 0 Å². The third-order valence-electron chi connectivity index (χ3n) is 3.28. The van der Waals surface area contributed by atoms with E-state index in [2.05, 4.69) is 20.6 Å². The summed E-state index contributed by atoms with van der Waals surface area (Å²) in [6.07, 6.45) is 1.63. The highest BCUT2D eigenvalue weighted by molar-refractivity contribution is 5.74. The van der Waals surface area contributed by atoms with E-state index in [9.17, 15) is 9.18 Å². The SMILES string of the molecule is COc1cccc(F)c1[C@@H](C)NC(=O)NCc1ccnc(C)n1. The van der Waals surface area contributed by atoms with E-state index in [0.29, 0.717) is 22.8 Å². The van der Waals surface area contributed by atoms with Gasteiger partial charge in [-0.3, -0.25) is 0 Å². The first-order chi connectivity index (χ1) is 11.0. The van der Waals surface area contributed by atoms with Crippen LogP contribution >= 0.6 is 0 Å². The lowest BCUT2D eigenvalue weighted by Crippen LogP contribution is -2.37. The van der Waals surface area contributed by atoms with Gasteiger partial charge in [0.05, 0.1) is 31.0 Å². The number of methoxy groups -OCH3 is 1. The van der Waals surface area contributed by atoms with Gasteiger partial charge < -0.3 is 15.4 Å². The van der Waals surface area contributed by atoms with Crippen molar-refractivity contribution in [2.45, 2.75) is 26.4 Å². The van der Waals surface area contributed by atoms with Crippen LogP contribution < -0.4 is 15.4 Å². The van der Waals surface area contributed by atoms with Gasteiger partial charge in [-0.1, -0.05) is 6.07 Å². The summed E-state index contributed by atoms with van der Waals surface area (Å²) in [5, 5.41) is 5.36. The highest BCUT2D eigenvalue weighted by Gasteiger charge is 2.18.